The van der Waals surface area contributed by atoms with Crippen molar-refractivity contribution in [3.8, 4) is 5.75 Å². The summed E-state index contributed by atoms with van der Waals surface area (Å²) in [5.74, 6) is 0.229. The van der Waals surface area contributed by atoms with Crippen molar-refractivity contribution in [1.82, 2.24) is 5.32 Å². The topological polar surface area (TPSA) is 52.5 Å². The zero-order valence-electron chi connectivity index (χ0n) is 7.63. The molecule has 1 fully saturated rings. The van der Waals surface area contributed by atoms with E-state index in [9.17, 15) is 10.2 Å². The minimum Gasteiger partial charge on any atom is -0.506 e. The molecule has 0 atom stereocenters. The Hall–Kier alpha value is -0.580. The molecule has 0 saturated carbocycles. The van der Waals surface area contributed by atoms with E-state index in [0.717, 1.165) is 5.56 Å². The number of phenolic OH excluding ortho intramolecular Hbond substituents is 1. The second-order valence-electron chi connectivity index (χ2n) is 3.75. The van der Waals surface area contributed by atoms with Gasteiger partial charge in [-0.1, -0.05) is 12.1 Å². The largest absolute Gasteiger partial charge is 0.506 e. The molecule has 1 aromatic carbocycles. The number of hydrogen-bond donors (Lipinski definition) is 3. The number of β-amino-alcohol motifs (C(OH)–C–C–N with tert-alkyl or cyclic N) is 1. The standard InChI is InChI=1S/C10H12BrNO2/c11-8-3-1-2-7(9(8)13)4-10(14)5-12-6-10/h1-3,12-14H,4-6H2. The van der Waals surface area contributed by atoms with Crippen molar-refractivity contribution in [3.63, 3.8) is 0 Å². The molecule has 2 rings (SSSR count). The van der Waals surface area contributed by atoms with Gasteiger partial charge in [0, 0.05) is 19.5 Å². The first-order valence-electron chi connectivity index (χ1n) is 4.50. The average Bonchev–Trinajstić information content (AvgIpc) is 2.10. The predicted molar refractivity (Wildman–Crippen MR) is 57.3 cm³/mol. The van der Waals surface area contributed by atoms with Crippen LogP contribution < -0.4 is 5.32 Å². The van der Waals surface area contributed by atoms with Crippen LogP contribution in [0.1, 0.15) is 5.56 Å². The van der Waals surface area contributed by atoms with Gasteiger partial charge in [0.1, 0.15) is 5.75 Å². The first kappa shape index (κ1) is 9.96. The van der Waals surface area contributed by atoms with Crippen LogP contribution in [0.15, 0.2) is 22.7 Å². The van der Waals surface area contributed by atoms with Crippen molar-refractivity contribution in [2.45, 2.75) is 12.0 Å². The first-order chi connectivity index (χ1) is 6.61. The van der Waals surface area contributed by atoms with E-state index in [1.165, 1.54) is 0 Å². The number of halogens is 1. The molecule has 0 aromatic heterocycles. The van der Waals surface area contributed by atoms with Crippen molar-refractivity contribution >= 4 is 15.9 Å². The molecule has 1 aromatic rings. The van der Waals surface area contributed by atoms with E-state index in [2.05, 4.69) is 21.2 Å². The summed E-state index contributed by atoms with van der Waals surface area (Å²) in [7, 11) is 0. The molecule has 4 heteroatoms. The monoisotopic (exact) mass is 257 g/mol. The number of benzene rings is 1. The lowest BCUT2D eigenvalue weighted by atomic mass is 9.89. The first-order valence-corrected chi connectivity index (χ1v) is 5.29. The Morgan fingerprint density at radius 3 is 2.71 bits per heavy atom. The maximum Gasteiger partial charge on any atom is 0.133 e. The smallest absolute Gasteiger partial charge is 0.133 e. The number of rotatable bonds is 2. The molecular weight excluding hydrogens is 246 g/mol. The summed E-state index contributed by atoms with van der Waals surface area (Å²) in [4.78, 5) is 0. The highest BCUT2D eigenvalue weighted by atomic mass is 79.9. The molecule has 3 N–H and O–H groups in total. The minimum atomic E-state index is -0.682. The average molecular weight is 258 g/mol. The maximum absolute atomic E-state index is 9.89. The van der Waals surface area contributed by atoms with E-state index in [-0.39, 0.29) is 5.75 Å². The van der Waals surface area contributed by atoms with Crippen molar-refractivity contribution < 1.29 is 10.2 Å². The fourth-order valence-electron chi connectivity index (χ4n) is 1.60. The Bertz CT molecular complexity index is 350. The molecule has 14 heavy (non-hydrogen) atoms. The molecule has 0 radical (unpaired) electrons. The van der Waals surface area contributed by atoms with Crippen LogP contribution in [0.4, 0.5) is 0 Å². The van der Waals surface area contributed by atoms with Crippen LogP contribution in [-0.2, 0) is 6.42 Å². The summed E-state index contributed by atoms with van der Waals surface area (Å²) >= 11 is 3.25. The van der Waals surface area contributed by atoms with Gasteiger partial charge in [0.05, 0.1) is 10.1 Å². The molecule has 0 spiro atoms. The molecule has 0 bridgehead atoms. The zero-order chi connectivity index (χ0) is 10.2. The van der Waals surface area contributed by atoms with E-state index in [4.69, 9.17) is 0 Å². The number of aliphatic hydroxyl groups is 1. The van der Waals surface area contributed by atoms with Crippen LogP contribution in [0.2, 0.25) is 0 Å². The van der Waals surface area contributed by atoms with Gasteiger partial charge >= 0.3 is 0 Å². The molecule has 1 aliphatic rings. The van der Waals surface area contributed by atoms with Crippen LogP contribution in [0.5, 0.6) is 5.75 Å². The van der Waals surface area contributed by atoms with E-state index < -0.39 is 5.60 Å². The number of aromatic hydroxyl groups is 1. The summed E-state index contributed by atoms with van der Waals surface area (Å²) in [6, 6.07) is 5.47. The molecule has 0 amide bonds. The van der Waals surface area contributed by atoms with Gasteiger partial charge in [0.2, 0.25) is 0 Å². The highest BCUT2D eigenvalue weighted by molar-refractivity contribution is 9.10. The van der Waals surface area contributed by atoms with E-state index in [0.29, 0.717) is 24.0 Å². The Labute approximate surface area is 90.9 Å². The lowest BCUT2D eigenvalue weighted by molar-refractivity contribution is -0.00945. The summed E-state index contributed by atoms with van der Waals surface area (Å²) in [5.41, 5.74) is 0.0986. The van der Waals surface area contributed by atoms with Gasteiger partial charge < -0.3 is 15.5 Å². The third-order valence-corrected chi connectivity index (χ3v) is 3.14. The number of nitrogens with one attached hydrogen (secondary N) is 1. The second-order valence-corrected chi connectivity index (χ2v) is 4.61. The van der Waals surface area contributed by atoms with Crippen LogP contribution in [0, 0.1) is 0 Å². The van der Waals surface area contributed by atoms with Crippen molar-refractivity contribution in [2.75, 3.05) is 13.1 Å². The van der Waals surface area contributed by atoms with Crippen LogP contribution in [0.25, 0.3) is 0 Å². The molecular formula is C10H12BrNO2. The van der Waals surface area contributed by atoms with E-state index in [1.807, 2.05) is 12.1 Å². The van der Waals surface area contributed by atoms with Gasteiger partial charge in [0.15, 0.2) is 0 Å². The van der Waals surface area contributed by atoms with Gasteiger partial charge in [-0.2, -0.15) is 0 Å². The van der Waals surface area contributed by atoms with Crippen LogP contribution in [0.3, 0.4) is 0 Å². The number of phenols is 1. The third-order valence-electron chi connectivity index (χ3n) is 2.50. The lowest BCUT2D eigenvalue weighted by Crippen LogP contribution is -2.60. The summed E-state index contributed by atoms with van der Waals surface area (Å²) in [5, 5.41) is 22.6. The highest BCUT2D eigenvalue weighted by Crippen LogP contribution is 2.30. The molecule has 76 valence electrons. The molecule has 1 saturated heterocycles. The van der Waals surface area contributed by atoms with Gasteiger partial charge in [0.25, 0.3) is 0 Å². The molecule has 3 nitrogen and oxygen atoms in total. The van der Waals surface area contributed by atoms with Crippen molar-refractivity contribution in [1.29, 1.82) is 0 Å². The van der Waals surface area contributed by atoms with Crippen molar-refractivity contribution in [2.24, 2.45) is 0 Å². The fourth-order valence-corrected chi connectivity index (χ4v) is 2.00. The SMILES string of the molecule is Oc1c(Br)cccc1CC1(O)CNC1. The quantitative estimate of drug-likeness (QED) is 0.742. The number of para-hydroxylation sites is 1. The van der Waals surface area contributed by atoms with Gasteiger partial charge in [-0.3, -0.25) is 0 Å². The normalized spacial score (nSPS) is 19.0. The van der Waals surface area contributed by atoms with Crippen LogP contribution in [-0.4, -0.2) is 28.9 Å². The van der Waals surface area contributed by atoms with Crippen molar-refractivity contribution in [3.05, 3.63) is 28.2 Å². The predicted octanol–water partition coefficient (Wildman–Crippen LogP) is 1.03. The summed E-state index contributed by atoms with van der Waals surface area (Å²) in [6.07, 6.45) is 0.491. The van der Waals surface area contributed by atoms with E-state index >= 15 is 0 Å². The Morgan fingerprint density at radius 1 is 1.43 bits per heavy atom. The maximum atomic E-state index is 9.89. The third kappa shape index (κ3) is 1.78. The fraction of sp³-hybridized carbons (Fsp3) is 0.400. The summed E-state index contributed by atoms with van der Waals surface area (Å²) < 4.78 is 0.672. The second kappa shape index (κ2) is 3.53. The molecule has 0 unspecified atom stereocenters. The van der Waals surface area contributed by atoms with Gasteiger partial charge in [-0.15, -0.1) is 0 Å². The minimum absolute atomic E-state index is 0.229. The molecule has 0 aliphatic carbocycles. The van der Waals surface area contributed by atoms with Gasteiger partial charge in [-0.25, -0.2) is 0 Å². The van der Waals surface area contributed by atoms with Crippen LogP contribution >= 0.6 is 15.9 Å². The van der Waals surface area contributed by atoms with Gasteiger partial charge in [-0.05, 0) is 27.6 Å². The summed E-state index contributed by atoms with van der Waals surface area (Å²) in [6.45, 7) is 1.19. The molecule has 1 aliphatic heterocycles. The molecule has 1 heterocycles. The Balaban J connectivity index is 2.20. The lowest BCUT2D eigenvalue weighted by Gasteiger charge is -2.37. The Morgan fingerprint density at radius 2 is 2.14 bits per heavy atom. The zero-order valence-corrected chi connectivity index (χ0v) is 9.21. The number of hydrogen-bond acceptors (Lipinski definition) is 3. The Kier molecular flexibility index (Phi) is 2.51. The highest BCUT2D eigenvalue weighted by Gasteiger charge is 2.34. The van der Waals surface area contributed by atoms with E-state index in [1.54, 1.807) is 6.07 Å².